The predicted octanol–water partition coefficient (Wildman–Crippen LogP) is 2.87. The number of amides is 2. The van der Waals surface area contributed by atoms with Gasteiger partial charge in [0.1, 0.15) is 23.8 Å². The number of para-hydroxylation sites is 1. The molecule has 0 radical (unpaired) electrons. The van der Waals surface area contributed by atoms with E-state index in [1.54, 1.807) is 38.1 Å². The van der Waals surface area contributed by atoms with Gasteiger partial charge in [-0.1, -0.05) is 18.2 Å². The van der Waals surface area contributed by atoms with Gasteiger partial charge in [-0.3, -0.25) is 9.59 Å². The fourth-order valence-corrected chi connectivity index (χ4v) is 5.85. The number of nitrogens with two attached hydrogens (primary N) is 1. The van der Waals surface area contributed by atoms with Gasteiger partial charge in [-0.15, -0.1) is 11.3 Å². The molecular formula is C25H26N4O5S. The van der Waals surface area contributed by atoms with E-state index in [1.807, 2.05) is 20.8 Å². The number of aryl methyl sites for hydroxylation is 1. The molecule has 1 spiro atoms. The van der Waals surface area contributed by atoms with E-state index in [0.29, 0.717) is 21.0 Å². The fourth-order valence-electron chi connectivity index (χ4n) is 4.58. The first-order chi connectivity index (χ1) is 16.5. The van der Waals surface area contributed by atoms with Crippen LogP contribution >= 0.6 is 11.3 Å². The second-order valence-electron chi connectivity index (χ2n) is 9.32. The van der Waals surface area contributed by atoms with Crippen LogP contribution in [-0.4, -0.2) is 36.5 Å². The maximum Gasteiger partial charge on any atom is 0.343 e. The largest absolute Gasteiger partial charge is 0.462 e. The number of nitrogens with one attached hydrogen (secondary N) is 1. The standard InChI is InChI=1S/C25H26N4O5S/c1-6-33-22(31)18-13(2)35-20-19(18)34-21(27)15(11-26)25(20)14-9-7-8-10-16(14)29(23(25)32)12-17(30)28-24(3,4)5/h7-10H,6,12,27H2,1-5H3,(H,28,30)/t25-/m1/s1. The number of esters is 1. The zero-order valence-electron chi connectivity index (χ0n) is 20.1. The summed E-state index contributed by atoms with van der Waals surface area (Å²) in [5, 5.41) is 13.0. The Labute approximate surface area is 207 Å². The predicted molar refractivity (Wildman–Crippen MR) is 130 cm³/mol. The van der Waals surface area contributed by atoms with Gasteiger partial charge in [0.25, 0.3) is 0 Å². The highest BCUT2D eigenvalue weighted by molar-refractivity contribution is 7.13. The lowest BCUT2D eigenvalue weighted by molar-refractivity contribution is -0.125. The summed E-state index contributed by atoms with van der Waals surface area (Å²) in [6.07, 6.45) is 0. The van der Waals surface area contributed by atoms with Crippen molar-refractivity contribution in [2.75, 3.05) is 18.1 Å². The molecule has 0 bridgehead atoms. The third kappa shape index (κ3) is 3.63. The Morgan fingerprint density at radius 1 is 1.31 bits per heavy atom. The minimum atomic E-state index is -1.65. The van der Waals surface area contributed by atoms with Gasteiger partial charge in [-0.05, 0) is 40.7 Å². The van der Waals surface area contributed by atoms with Crippen LogP contribution in [0.1, 0.15) is 53.4 Å². The summed E-state index contributed by atoms with van der Waals surface area (Å²) in [7, 11) is 0. The number of hydrogen-bond acceptors (Lipinski definition) is 8. The van der Waals surface area contributed by atoms with E-state index in [2.05, 4.69) is 11.4 Å². The van der Waals surface area contributed by atoms with E-state index in [1.165, 1.54) is 16.2 Å². The van der Waals surface area contributed by atoms with Crippen molar-refractivity contribution in [2.24, 2.45) is 5.73 Å². The number of nitriles is 1. The first kappa shape index (κ1) is 24.3. The summed E-state index contributed by atoms with van der Waals surface area (Å²) >= 11 is 1.17. The van der Waals surface area contributed by atoms with Crippen molar-refractivity contribution in [1.82, 2.24) is 5.32 Å². The van der Waals surface area contributed by atoms with Crippen molar-refractivity contribution < 1.29 is 23.9 Å². The molecule has 4 rings (SSSR count). The Hall–Kier alpha value is -3.84. The van der Waals surface area contributed by atoms with Crippen LogP contribution in [0.3, 0.4) is 0 Å². The number of nitrogens with zero attached hydrogens (tertiary/aromatic N) is 2. The highest BCUT2D eigenvalue weighted by Crippen LogP contribution is 2.58. The molecule has 1 aromatic heterocycles. The molecule has 35 heavy (non-hydrogen) atoms. The van der Waals surface area contributed by atoms with Crippen LogP contribution in [-0.2, 0) is 19.7 Å². The first-order valence-corrected chi connectivity index (χ1v) is 11.9. The number of fused-ring (bicyclic) bond motifs is 4. The summed E-state index contributed by atoms with van der Waals surface area (Å²) in [4.78, 5) is 42.2. The van der Waals surface area contributed by atoms with E-state index in [0.717, 1.165) is 0 Å². The van der Waals surface area contributed by atoms with E-state index in [-0.39, 0.29) is 41.8 Å². The molecule has 182 valence electrons. The molecule has 3 heterocycles. The molecule has 2 amide bonds. The smallest absolute Gasteiger partial charge is 0.343 e. The first-order valence-electron chi connectivity index (χ1n) is 11.1. The van der Waals surface area contributed by atoms with Crippen LogP contribution in [0.4, 0.5) is 5.69 Å². The molecule has 0 unspecified atom stereocenters. The summed E-state index contributed by atoms with van der Waals surface area (Å²) in [6.45, 7) is 8.85. The number of ether oxygens (including phenoxy) is 2. The van der Waals surface area contributed by atoms with Crippen LogP contribution < -0.4 is 20.7 Å². The van der Waals surface area contributed by atoms with Crippen LogP contribution in [0.5, 0.6) is 5.75 Å². The lowest BCUT2D eigenvalue weighted by Crippen LogP contribution is -2.50. The van der Waals surface area contributed by atoms with Gasteiger partial charge in [0.15, 0.2) is 11.2 Å². The zero-order valence-corrected chi connectivity index (χ0v) is 21.0. The topological polar surface area (TPSA) is 135 Å². The molecule has 2 aliphatic heterocycles. The van der Waals surface area contributed by atoms with Gasteiger partial charge in [0.2, 0.25) is 17.7 Å². The number of benzene rings is 1. The van der Waals surface area contributed by atoms with E-state index < -0.39 is 22.8 Å². The average Bonchev–Trinajstić information content (AvgIpc) is 3.21. The van der Waals surface area contributed by atoms with Crippen molar-refractivity contribution >= 4 is 34.8 Å². The summed E-state index contributed by atoms with van der Waals surface area (Å²) in [5.41, 5.74) is 5.12. The maximum atomic E-state index is 14.3. The molecular weight excluding hydrogens is 468 g/mol. The van der Waals surface area contributed by atoms with Crippen LogP contribution in [0.2, 0.25) is 0 Å². The quantitative estimate of drug-likeness (QED) is 0.624. The number of carbonyl (C=O) groups is 3. The number of anilines is 1. The van der Waals surface area contributed by atoms with Gasteiger partial charge in [-0.25, -0.2) is 4.79 Å². The van der Waals surface area contributed by atoms with Crippen molar-refractivity contribution in [1.29, 1.82) is 5.26 Å². The minimum absolute atomic E-state index is 0.0853. The van der Waals surface area contributed by atoms with E-state index in [4.69, 9.17) is 15.2 Å². The van der Waals surface area contributed by atoms with Crippen molar-refractivity contribution in [2.45, 2.75) is 45.6 Å². The minimum Gasteiger partial charge on any atom is -0.462 e. The maximum absolute atomic E-state index is 14.3. The molecule has 0 saturated carbocycles. The normalized spacial score (nSPS) is 18.6. The molecule has 9 nitrogen and oxygen atoms in total. The van der Waals surface area contributed by atoms with Gasteiger partial charge in [-0.2, -0.15) is 5.26 Å². The average molecular weight is 495 g/mol. The van der Waals surface area contributed by atoms with Gasteiger partial charge >= 0.3 is 5.97 Å². The molecule has 0 aliphatic carbocycles. The molecule has 0 saturated heterocycles. The van der Waals surface area contributed by atoms with Crippen molar-refractivity contribution in [3.05, 3.63) is 56.6 Å². The number of hydrogen-bond donors (Lipinski definition) is 2. The van der Waals surface area contributed by atoms with Crippen LogP contribution in [0.25, 0.3) is 0 Å². The Bertz CT molecular complexity index is 1330. The second kappa shape index (κ2) is 8.43. The monoisotopic (exact) mass is 494 g/mol. The highest BCUT2D eigenvalue weighted by Gasteiger charge is 2.61. The third-order valence-electron chi connectivity index (χ3n) is 5.79. The van der Waals surface area contributed by atoms with Gasteiger partial charge in [0.05, 0.1) is 11.5 Å². The lowest BCUT2D eigenvalue weighted by Gasteiger charge is -2.32. The molecule has 3 N–H and O–H groups in total. The van der Waals surface area contributed by atoms with E-state index in [9.17, 15) is 19.6 Å². The van der Waals surface area contributed by atoms with Crippen LogP contribution in [0.15, 0.2) is 35.7 Å². The molecule has 1 atom stereocenters. The Morgan fingerprint density at radius 3 is 2.63 bits per heavy atom. The molecule has 2 aromatic rings. The molecule has 1 aromatic carbocycles. The Kier molecular flexibility index (Phi) is 5.85. The van der Waals surface area contributed by atoms with E-state index >= 15 is 0 Å². The van der Waals surface area contributed by atoms with Gasteiger partial charge < -0.3 is 25.4 Å². The fraction of sp³-hybridized carbons (Fsp3) is 0.360. The van der Waals surface area contributed by atoms with Crippen molar-refractivity contribution in [3.8, 4) is 11.8 Å². The zero-order chi connectivity index (χ0) is 25.7. The summed E-state index contributed by atoms with van der Waals surface area (Å²) < 4.78 is 11.0. The number of carbonyl (C=O) groups excluding carboxylic acids is 3. The van der Waals surface area contributed by atoms with Crippen LogP contribution in [0, 0.1) is 18.3 Å². The molecule has 0 fully saturated rings. The number of rotatable bonds is 4. The van der Waals surface area contributed by atoms with Gasteiger partial charge in [0, 0.05) is 21.7 Å². The third-order valence-corrected chi connectivity index (χ3v) is 6.99. The number of thiophene rings is 1. The lowest BCUT2D eigenvalue weighted by atomic mass is 9.72. The Balaban J connectivity index is 1.96. The SMILES string of the molecule is CCOC(=O)c1c(C)sc2c1OC(N)=C(C#N)[C@@]21C(=O)N(CC(=O)NC(C)(C)C)c2ccccc21. The second-order valence-corrected chi connectivity index (χ2v) is 10.5. The summed E-state index contributed by atoms with van der Waals surface area (Å²) in [6, 6.07) is 9.02. The molecule has 2 aliphatic rings. The van der Waals surface area contributed by atoms with Crippen molar-refractivity contribution in [3.63, 3.8) is 0 Å². The molecule has 10 heteroatoms. The Morgan fingerprint density at radius 2 is 2.00 bits per heavy atom. The highest BCUT2D eigenvalue weighted by atomic mass is 32.1. The summed E-state index contributed by atoms with van der Waals surface area (Å²) in [5.74, 6) is -1.64.